The Morgan fingerprint density at radius 3 is 2.73 bits per heavy atom. The normalized spacial score (nSPS) is 10.2. The highest BCUT2D eigenvalue weighted by Crippen LogP contribution is 2.16. The van der Waals surface area contributed by atoms with Gasteiger partial charge >= 0.3 is 11.9 Å². The third-order valence-electron chi connectivity index (χ3n) is 1.77. The number of aryl methyl sites for hydroxylation is 1. The van der Waals surface area contributed by atoms with Gasteiger partial charge in [0.05, 0.1) is 5.56 Å². The van der Waals surface area contributed by atoms with Crippen LogP contribution < -0.4 is 0 Å². The smallest absolute Gasteiger partial charge is 0.393 e. The van der Waals surface area contributed by atoms with E-state index >= 15 is 0 Å². The first-order valence-electron chi connectivity index (χ1n) is 4.16. The molecule has 2 aromatic heterocycles. The second-order valence-corrected chi connectivity index (χ2v) is 2.91. The Morgan fingerprint density at radius 2 is 2.20 bits per heavy atom. The monoisotopic (exact) mass is 205 g/mol. The summed E-state index contributed by atoms with van der Waals surface area (Å²) < 4.78 is 4.91. The summed E-state index contributed by atoms with van der Waals surface area (Å²) in [6, 6.07) is 3.52. The molecule has 2 heterocycles. The Labute approximate surface area is 84.6 Å². The van der Waals surface area contributed by atoms with Crippen LogP contribution in [0.5, 0.6) is 0 Å². The number of carboxylic acids is 1. The van der Waals surface area contributed by atoms with Gasteiger partial charge in [0.2, 0.25) is 5.89 Å². The van der Waals surface area contributed by atoms with E-state index in [1.807, 2.05) is 6.92 Å². The number of carbonyl (C=O) groups is 1. The van der Waals surface area contributed by atoms with Crippen molar-refractivity contribution in [3.63, 3.8) is 0 Å². The molecule has 0 bridgehead atoms. The average Bonchev–Trinajstić information content (AvgIpc) is 2.68. The quantitative estimate of drug-likeness (QED) is 0.790. The zero-order valence-electron chi connectivity index (χ0n) is 7.84. The first-order chi connectivity index (χ1) is 7.16. The summed E-state index contributed by atoms with van der Waals surface area (Å²) in [4.78, 5) is 14.5. The minimum Gasteiger partial charge on any atom is -0.474 e. The number of pyridine rings is 1. The molecule has 0 amide bonds. The molecule has 0 saturated heterocycles. The van der Waals surface area contributed by atoms with Crippen molar-refractivity contribution in [2.75, 3.05) is 0 Å². The van der Waals surface area contributed by atoms with Crippen molar-refractivity contribution in [3.8, 4) is 11.5 Å². The zero-order valence-corrected chi connectivity index (χ0v) is 7.84. The predicted octanol–water partition coefficient (Wildman–Crippen LogP) is 1.14. The molecule has 6 nitrogen and oxygen atoms in total. The lowest BCUT2D eigenvalue weighted by Crippen LogP contribution is -1.95. The highest BCUT2D eigenvalue weighted by Gasteiger charge is 2.13. The highest BCUT2D eigenvalue weighted by atomic mass is 16.4. The topological polar surface area (TPSA) is 89.1 Å². The Balaban J connectivity index is 2.37. The van der Waals surface area contributed by atoms with Gasteiger partial charge in [-0.2, -0.15) is 0 Å². The van der Waals surface area contributed by atoms with Gasteiger partial charge in [0.15, 0.2) is 0 Å². The molecule has 76 valence electrons. The van der Waals surface area contributed by atoms with Crippen LogP contribution in [-0.2, 0) is 0 Å². The molecule has 0 atom stereocenters. The summed E-state index contributed by atoms with van der Waals surface area (Å²) >= 11 is 0. The van der Waals surface area contributed by atoms with E-state index in [0.29, 0.717) is 5.56 Å². The van der Waals surface area contributed by atoms with Crippen LogP contribution in [0.15, 0.2) is 22.7 Å². The average molecular weight is 205 g/mol. The fraction of sp³-hybridized carbons (Fsp3) is 0.111. The van der Waals surface area contributed by atoms with Gasteiger partial charge < -0.3 is 9.52 Å². The second kappa shape index (κ2) is 3.49. The van der Waals surface area contributed by atoms with Crippen LogP contribution in [0.2, 0.25) is 0 Å². The fourth-order valence-corrected chi connectivity index (χ4v) is 1.02. The van der Waals surface area contributed by atoms with Crippen LogP contribution >= 0.6 is 0 Å². The largest absolute Gasteiger partial charge is 0.474 e. The molecule has 0 aliphatic heterocycles. The van der Waals surface area contributed by atoms with Crippen molar-refractivity contribution < 1.29 is 14.3 Å². The summed E-state index contributed by atoms with van der Waals surface area (Å²) in [5, 5.41) is 15.5. The maximum atomic E-state index is 10.5. The van der Waals surface area contributed by atoms with Gasteiger partial charge in [-0.25, -0.2) is 4.79 Å². The molecule has 15 heavy (non-hydrogen) atoms. The molecule has 2 aromatic rings. The number of nitrogens with zero attached hydrogens (tertiary/aromatic N) is 3. The minimum absolute atomic E-state index is 0.153. The molecule has 0 aliphatic rings. The molecular weight excluding hydrogens is 198 g/mol. The molecule has 6 heteroatoms. The molecule has 1 N–H and O–H groups in total. The number of hydrogen-bond donors (Lipinski definition) is 1. The summed E-state index contributed by atoms with van der Waals surface area (Å²) in [5.41, 5.74) is 1.46. The molecule has 0 fully saturated rings. The van der Waals surface area contributed by atoms with E-state index in [0.717, 1.165) is 5.69 Å². The van der Waals surface area contributed by atoms with Crippen molar-refractivity contribution in [2.24, 2.45) is 0 Å². The third kappa shape index (κ3) is 1.83. The number of aromatic carboxylic acids is 1. The van der Waals surface area contributed by atoms with Crippen LogP contribution in [0.1, 0.15) is 16.4 Å². The van der Waals surface area contributed by atoms with E-state index < -0.39 is 11.9 Å². The molecule has 0 spiro atoms. The second-order valence-electron chi connectivity index (χ2n) is 2.91. The van der Waals surface area contributed by atoms with Crippen molar-refractivity contribution in [1.29, 1.82) is 0 Å². The number of aromatic nitrogens is 3. The summed E-state index contributed by atoms with van der Waals surface area (Å²) in [6.45, 7) is 1.85. The first-order valence-corrected chi connectivity index (χ1v) is 4.16. The molecule has 0 aromatic carbocycles. The van der Waals surface area contributed by atoms with Gasteiger partial charge in [-0.3, -0.25) is 4.98 Å². The van der Waals surface area contributed by atoms with Gasteiger partial charge in [-0.05, 0) is 19.1 Å². The Hall–Kier alpha value is -2.24. The van der Waals surface area contributed by atoms with Crippen molar-refractivity contribution >= 4 is 5.97 Å². The van der Waals surface area contributed by atoms with Crippen LogP contribution in [0, 0.1) is 6.92 Å². The van der Waals surface area contributed by atoms with Crippen molar-refractivity contribution in [3.05, 3.63) is 29.9 Å². The molecule has 2 rings (SSSR count). The molecule has 0 saturated carbocycles. The van der Waals surface area contributed by atoms with Gasteiger partial charge in [0.1, 0.15) is 0 Å². The Bertz CT molecular complexity index is 490. The summed E-state index contributed by atoms with van der Waals surface area (Å²) in [6.07, 6.45) is 1.55. The zero-order chi connectivity index (χ0) is 10.8. The van der Waals surface area contributed by atoms with E-state index in [2.05, 4.69) is 15.2 Å². The van der Waals surface area contributed by atoms with Gasteiger partial charge in [-0.15, -0.1) is 10.2 Å². The maximum absolute atomic E-state index is 10.5. The SMILES string of the molecule is Cc1ccc(-c2nnc(C(=O)O)o2)cn1. The van der Waals surface area contributed by atoms with E-state index in [4.69, 9.17) is 9.52 Å². The fourth-order valence-electron chi connectivity index (χ4n) is 1.02. The summed E-state index contributed by atoms with van der Waals surface area (Å²) in [7, 11) is 0. The number of carboxylic acid groups (broad SMARTS) is 1. The van der Waals surface area contributed by atoms with Gasteiger partial charge in [-0.1, -0.05) is 0 Å². The maximum Gasteiger partial charge on any atom is 0.393 e. The van der Waals surface area contributed by atoms with Crippen molar-refractivity contribution in [2.45, 2.75) is 6.92 Å². The molecule has 0 radical (unpaired) electrons. The molecule has 0 aliphatic carbocycles. The molecular formula is C9H7N3O3. The minimum atomic E-state index is -1.24. The Kier molecular flexibility index (Phi) is 2.17. The standard InChI is InChI=1S/C9H7N3O3/c1-5-2-3-6(4-10-5)7-11-12-8(15-7)9(13)14/h2-4H,1H3,(H,13,14). The lowest BCUT2D eigenvalue weighted by Gasteiger charge is -1.93. The summed E-state index contributed by atoms with van der Waals surface area (Å²) in [5.74, 6) is -1.51. The van der Waals surface area contributed by atoms with Gasteiger partial charge in [0.25, 0.3) is 0 Å². The van der Waals surface area contributed by atoms with E-state index in [1.54, 1.807) is 18.3 Å². The predicted molar refractivity (Wildman–Crippen MR) is 49.2 cm³/mol. The highest BCUT2D eigenvalue weighted by molar-refractivity contribution is 5.82. The lowest BCUT2D eigenvalue weighted by atomic mass is 10.2. The van der Waals surface area contributed by atoms with Crippen LogP contribution in [0.3, 0.4) is 0 Å². The Morgan fingerprint density at radius 1 is 1.40 bits per heavy atom. The lowest BCUT2D eigenvalue weighted by molar-refractivity contribution is 0.0654. The number of rotatable bonds is 2. The first kappa shape index (κ1) is 9.32. The van der Waals surface area contributed by atoms with Crippen LogP contribution in [0.4, 0.5) is 0 Å². The van der Waals surface area contributed by atoms with Crippen LogP contribution in [-0.4, -0.2) is 26.3 Å². The van der Waals surface area contributed by atoms with Crippen molar-refractivity contribution in [1.82, 2.24) is 15.2 Å². The van der Waals surface area contributed by atoms with E-state index in [9.17, 15) is 4.79 Å². The van der Waals surface area contributed by atoms with E-state index in [1.165, 1.54) is 0 Å². The van der Waals surface area contributed by atoms with E-state index in [-0.39, 0.29) is 5.89 Å². The van der Waals surface area contributed by atoms with Crippen LogP contribution in [0.25, 0.3) is 11.5 Å². The number of hydrogen-bond acceptors (Lipinski definition) is 5. The van der Waals surface area contributed by atoms with Gasteiger partial charge in [0, 0.05) is 11.9 Å². The molecule has 0 unspecified atom stereocenters. The third-order valence-corrected chi connectivity index (χ3v) is 1.77.